The lowest BCUT2D eigenvalue weighted by Gasteiger charge is -2.16. The maximum Gasteiger partial charge on any atom is 0.0545 e. The van der Waals surface area contributed by atoms with Gasteiger partial charge in [-0.2, -0.15) is 0 Å². The van der Waals surface area contributed by atoms with Crippen molar-refractivity contribution in [3.8, 4) is 0 Å². The molecule has 2 atom stereocenters. The van der Waals surface area contributed by atoms with E-state index in [-0.39, 0.29) is 0 Å². The molecule has 0 spiro atoms. The van der Waals surface area contributed by atoms with Crippen LogP contribution in [-0.2, 0) is 10.8 Å². The van der Waals surface area contributed by atoms with Crippen molar-refractivity contribution in [2.24, 2.45) is 0 Å². The van der Waals surface area contributed by atoms with Gasteiger partial charge < -0.3 is 5.32 Å². The predicted octanol–water partition coefficient (Wildman–Crippen LogP) is 2.88. The van der Waals surface area contributed by atoms with Crippen LogP contribution in [0.3, 0.4) is 0 Å². The largest absolute Gasteiger partial charge is 0.313 e. The highest BCUT2D eigenvalue weighted by Crippen LogP contribution is 2.11. The summed E-state index contributed by atoms with van der Waals surface area (Å²) in [6.45, 7) is 7.24. The van der Waals surface area contributed by atoms with Crippen molar-refractivity contribution in [2.75, 3.05) is 12.3 Å². The summed E-state index contributed by atoms with van der Waals surface area (Å²) in [4.78, 5) is 0.948. The fourth-order valence-corrected chi connectivity index (χ4v) is 3.31. The fourth-order valence-electron chi connectivity index (χ4n) is 1.92. The zero-order valence-electron chi connectivity index (χ0n) is 11.0. The average Bonchev–Trinajstić information content (AvgIpc) is 2.29. The van der Waals surface area contributed by atoms with Crippen LogP contribution in [0.2, 0.25) is 0 Å². The molecule has 0 aromatic heterocycles. The molecule has 1 rings (SSSR count). The molecule has 0 aliphatic heterocycles. The third-order valence-electron chi connectivity index (χ3n) is 2.73. The number of aryl methyl sites for hydroxylation is 1. The van der Waals surface area contributed by atoms with Gasteiger partial charge in [-0.05, 0) is 37.6 Å². The van der Waals surface area contributed by atoms with E-state index >= 15 is 0 Å². The number of benzene rings is 1. The van der Waals surface area contributed by atoms with Gasteiger partial charge in [-0.25, -0.2) is 0 Å². The molecular weight excluding hydrogens is 230 g/mol. The number of hydrogen-bond acceptors (Lipinski definition) is 2. The molecule has 0 saturated heterocycles. The van der Waals surface area contributed by atoms with Crippen molar-refractivity contribution in [3.05, 3.63) is 29.8 Å². The van der Waals surface area contributed by atoms with Gasteiger partial charge >= 0.3 is 0 Å². The Morgan fingerprint density at radius 3 is 2.71 bits per heavy atom. The Hall–Kier alpha value is -0.670. The summed E-state index contributed by atoms with van der Waals surface area (Å²) >= 11 is 0. The second kappa shape index (κ2) is 7.62. The molecule has 0 aliphatic rings. The summed E-state index contributed by atoms with van der Waals surface area (Å²) in [6.07, 6.45) is 2.22. The van der Waals surface area contributed by atoms with E-state index in [2.05, 4.69) is 19.2 Å². The lowest BCUT2D eigenvalue weighted by molar-refractivity contribution is 0.525. The molecule has 0 aliphatic carbocycles. The lowest BCUT2D eigenvalue weighted by atomic mass is 10.2. The molecule has 96 valence electrons. The standard InChI is InChI=1S/C14H23NOS/c1-4-7-13(15-5-2)11-17(16)14-9-6-8-12(3)10-14/h6,8-10,13,15H,4-5,7,11H2,1-3H3. The van der Waals surface area contributed by atoms with Gasteiger partial charge in [0.1, 0.15) is 0 Å². The molecule has 1 aromatic rings. The van der Waals surface area contributed by atoms with Crippen molar-refractivity contribution in [2.45, 2.75) is 44.6 Å². The number of hydrogen-bond donors (Lipinski definition) is 1. The molecule has 0 radical (unpaired) electrons. The van der Waals surface area contributed by atoms with Gasteiger partial charge in [-0.1, -0.05) is 32.4 Å². The van der Waals surface area contributed by atoms with Crippen LogP contribution in [0.5, 0.6) is 0 Å². The van der Waals surface area contributed by atoms with E-state index in [1.165, 1.54) is 5.56 Å². The van der Waals surface area contributed by atoms with Gasteiger partial charge in [0.15, 0.2) is 0 Å². The summed E-state index contributed by atoms with van der Waals surface area (Å²) in [6, 6.07) is 8.36. The van der Waals surface area contributed by atoms with E-state index in [1.54, 1.807) is 0 Å². The molecule has 0 heterocycles. The van der Waals surface area contributed by atoms with Crippen LogP contribution in [0.1, 0.15) is 32.3 Å². The van der Waals surface area contributed by atoms with Crippen LogP contribution in [0.25, 0.3) is 0 Å². The molecule has 0 bridgehead atoms. The fraction of sp³-hybridized carbons (Fsp3) is 0.571. The quantitative estimate of drug-likeness (QED) is 0.809. The SMILES string of the molecule is CCCC(CS(=O)c1cccc(C)c1)NCC. The van der Waals surface area contributed by atoms with E-state index in [9.17, 15) is 4.21 Å². The normalized spacial score (nSPS) is 14.5. The van der Waals surface area contributed by atoms with E-state index in [4.69, 9.17) is 0 Å². The van der Waals surface area contributed by atoms with E-state index in [0.29, 0.717) is 11.8 Å². The molecule has 1 N–H and O–H groups in total. The Labute approximate surface area is 107 Å². The second-order valence-corrected chi connectivity index (χ2v) is 5.87. The molecule has 17 heavy (non-hydrogen) atoms. The Morgan fingerprint density at radius 2 is 2.12 bits per heavy atom. The van der Waals surface area contributed by atoms with Crippen LogP contribution in [0.4, 0.5) is 0 Å². The molecule has 2 unspecified atom stereocenters. The van der Waals surface area contributed by atoms with E-state index in [0.717, 1.165) is 24.3 Å². The van der Waals surface area contributed by atoms with Crippen LogP contribution >= 0.6 is 0 Å². The highest BCUT2D eigenvalue weighted by molar-refractivity contribution is 7.85. The zero-order chi connectivity index (χ0) is 12.7. The van der Waals surface area contributed by atoms with Gasteiger partial charge in [-0.3, -0.25) is 4.21 Å². The lowest BCUT2D eigenvalue weighted by Crippen LogP contribution is -2.33. The summed E-state index contributed by atoms with van der Waals surface area (Å²) in [5.41, 5.74) is 1.17. The molecule has 3 heteroatoms. The summed E-state index contributed by atoms with van der Waals surface area (Å²) in [5, 5.41) is 3.41. The third-order valence-corrected chi connectivity index (χ3v) is 4.22. The van der Waals surface area contributed by atoms with Crippen LogP contribution in [-0.4, -0.2) is 22.5 Å². The predicted molar refractivity (Wildman–Crippen MR) is 74.8 cm³/mol. The monoisotopic (exact) mass is 253 g/mol. The summed E-state index contributed by atoms with van der Waals surface area (Å²) in [5.74, 6) is 0.713. The van der Waals surface area contributed by atoms with Crippen LogP contribution in [0, 0.1) is 6.92 Å². The summed E-state index contributed by atoms with van der Waals surface area (Å²) < 4.78 is 12.2. The number of nitrogens with one attached hydrogen (secondary N) is 1. The van der Waals surface area contributed by atoms with Gasteiger partial charge in [0.25, 0.3) is 0 Å². The Bertz CT molecular complexity index is 359. The minimum absolute atomic E-state index is 0.367. The van der Waals surface area contributed by atoms with Gasteiger partial charge in [0, 0.05) is 16.7 Å². The first-order valence-corrected chi connectivity index (χ1v) is 7.67. The topological polar surface area (TPSA) is 29.1 Å². The van der Waals surface area contributed by atoms with Gasteiger partial charge in [0.2, 0.25) is 0 Å². The van der Waals surface area contributed by atoms with E-state index < -0.39 is 10.8 Å². The van der Waals surface area contributed by atoms with Crippen molar-refractivity contribution in [1.29, 1.82) is 0 Å². The van der Waals surface area contributed by atoms with Crippen LogP contribution < -0.4 is 5.32 Å². The smallest absolute Gasteiger partial charge is 0.0545 e. The van der Waals surface area contributed by atoms with Gasteiger partial charge in [-0.15, -0.1) is 0 Å². The first-order valence-electron chi connectivity index (χ1n) is 6.35. The van der Waals surface area contributed by atoms with Crippen molar-refractivity contribution >= 4 is 10.8 Å². The highest BCUT2D eigenvalue weighted by atomic mass is 32.2. The maximum absolute atomic E-state index is 12.2. The Kier molecular flexibility index (Phi) is 6.45. The van der Waals surface area contributed by atoms with Gasteiger partial charge in [0.05, 0.1) is 10.8 Å². The summed E-state index contributed by atoms with van der Waals surface area (Å²) in [7, 11) is -0.889. The molecule has 0 amide bonds. The van der Waals surface area contributed by atoms with Crippen LogP contribution in [0.15, 0.2) is 29.2 Å². The molecule has 0 saturated carbocycles. The Morgan fingerprint density at radius 1 is 1.35 bits per heavy atom. The molecular formula is C14H23NOS. The first-order chi connectivity index (χ1) is 8.17. The molecule has 1 aromatic carbocycles. The minimum atomic E-state index is -0.889. The second-order valence-electron chi connectivity index (χ2n) is 4.37. The highest BCUT2D eigenvalue weighted by Gasteiger charge is 2.12. The first kappa shape index (κ1) is 14.4. The van der Waals surface area contributed by atoms with Crippen molar-refractivity contribution in [1.82, 2.24) is 5.32 Å². The molecule has 0 fully saturated rings. The minimum Gasteiger partial charge on any atom is -0.313 e. The van der Waals surface area contributed by atoms with E-state index in [1.807, 2.05) is 31.2 Å². The zero-order valence-corrected chi connectivity index (χ0v) is 11.8. The van der Waals surface area contributed by atoms with Crippen molar-refractivity contribution in [3.63, 3.8) is 0 Å². The average molecular weight is 253 g/mol. The third kappa shape index (κ3) is 5.00. The maximum atomic E-state index is 12.2. The molecule has 2 nitrogen and oxygen atoms in total. The number of rotatable bonds is 7. The van der Waals surface area contributed by atoms with Crippen molar-refractivity contribution < 1.29 is 4.21 Å². The Balaban J connectivity index is 2.63.